The molecule has 2 rings (SSSR count). The number of benzene rings is 1. The van der Waals surface area contributed by atoms with Gasteiger partial charge in [0, 0.05) is 37.2 Å². The van der Waals surface area contributed by atoms with Crippen LogP contribution in [0.2, 0.25) is 0 Å². The highest BCUT2D eigenvalue weighted by atomic mass is 16.2. The SMILES string of the molecule is CN(CCC#N)C(=O)c1ccc(-n2cccc2)cc1. The Morgan fingerprint density at radius 1 is 1.26 bits per heavy atom. The zero-order valence-corrected chi connectivity index (χ0v) is 10.8. The summed E-state index contributed by atoms with van der Waals surface area (Å²) in [6.45, 7) is 0.453. The minimum absolute atomic E-state index is 0.0608. The molecule has 1 aromatic heterocycles. The van der Waals surface area contributed by atoms with Gasteiger partial charge in [0.15, 0.2) is 0 Å². The molecule has 96 valence electrons. The smallest absolute Gasteiger partial charge is 0.253 e. The number of nitrogens with zero attached hydrogens (tertiary/aromatic N) is 3. The summed E-state index contributed by atoms with van der Waals surface area (Å²) < 4.78 is 1.98. The molecule has 0 aliphatic carbocycles. The lowest BCUT2D eigenvalue weighted by atomic mass is 10.2. The van der Waals surface area contributed by atoms with E-state index in [0.717, 1.165) is 5.69 Å². The first-order chi connectivity index (χ1) is 9.22. The molecular weight excluding hydrogens is 238 g/mol. The van der Waals surface area contributed by atoms with E-state index in [-0.39, 0.29) is 5.91 Å². The summed E-state index contributed by atoms with van der Waals surface area (Å²) in [4.78, 5) is 13.6. The topological polar surface area (TPSA) is 49.0 Å². The van der Waals surface area contributed by atoms with Crippen molar-refractivity contribution in [2.24, 2.45) is 0 Å². The van der Waals surface area contributed by atoms with Crippen molar-refractivity contribution < 1.29 is 4.79 Å². The van der Waals surface area contributed by atoms with Crippen molar-refractivity contribution in [2.45, 2.75) is 6.42 Å². The molecule has 0 atom stereocenters. The lowest BCUT2D eigenvalue weighted by Crippen LogP contribution is -2.27. The first-order valence-corrected chi connectivity index (χ1v) is 6.08. The molecule has 4 nitrogen and oxygen atoms in total. The van der Waals surface area contributed by atoms with Crippen molar-refractivity contribution in [2.75, 3.05) is 13.6 Å². The van der Waals surface area contributed by atoms with E-state index >= 15 is 0 Å². The van der Waals surface area contributed by atoms with Crippen LogP contribution in [-0.2, 0) is 0 Å². The predicted molar refractivity (Wildman–Crippen MR) is 73.0 cm³/mol. The van der Waals surface area contributed by atoms with E-state index in [1.807, 2.05) is 47.3 Å². The van der Waals surface area contributed by atoms with Crippen molar-refractivity contribution in [3.63, 3.8) is 0 Å². The van der Waals surface area contributed by atoms with Gasteiger partial charge in [-0.15, -0.1) is 0 Å². The van der Waals surface area contributed by atoms with Crippen LogP contribution < -0.4 is 0 Å². The summed E-state index contributed by atoms with van der Waals surface area (Å²) >= 11 is 0. The molecule has 0 saturated carbocycles. The molecule has 0 aliphatic rings. The van der Waals surface area contributed by atoms with Gasteiger partial charge in [-0.05, 0) is 36.4 Å². The van der Waals surface area contributed by atoms with Crippen molar-refractivity contribution in [1.82, 2.24) is 9.47 Å². The first-order valence-electron chi connectivity index (χ1n) is 6.08. The van der Waals surface area contributed by atoms with Gasteiger partial charge in [0.25, 0.3) is 5.91 Å². The lowest BCUT2D eigenvalue weighted by molar-refractivity contribution is 0.0798. The molecule has 0 saturated heterocycles. The van der Waals surface area contributed by atoms with Crippen LogP contribution in [0.15, 0.2) is 48.8 Å². The first kappa shape index (κ1) is 12.9. The summed E-state index contributed by atoms with van der Waals surface area (Å²) in [5.41, 5.74) is 1.65. The van der Waals surface area contributed by atoms with E-state index in [4.69, 9.17) is 5.26 Å². The molecule has 1 heterocycles. The molecular formula is C15H15N3O. The molecule has 0 unspecified atom stereocenters. The molecule has 0 N–H and O–H groups in total. The highest BCUT2D eigenvalue weighted by Crippen LogP contribution is 2.11. The quantitative estimate of drug-likeness (QED) is 0.840. The number of carbonyl (C=O) groups is 1. The fourth-order valence-corrected chi connectivity index (χ4v) is 1.82. The second kappa shape index (κ2) is 5.87. The third-order valence-corrected chi connectivity index (χ3v) is 2.92. The Morgan fingerprint density at radius 3 is 2.47 bits per heavy atom. The number of nitriles is 1. The molecule has 0 aliphatic heterocycles. The third-order valence-electron chi connectivity index (χ3n) is 2.92. The average molecular weight is 253 g/mol. The second-order valence-corrected chi connectivity index (χ2v) is 4.27. The molecule has 19 heavy (non-hydrogen) atoms. The Balaban J connectivity index is 2.10. The fourth-order valence-electron chi connectivity index (χ4n) is 1.82. The molecule has 1 aromatic carbocycles. The second-order valence-electron chi connectivity index (χ2n) is 4.27. The maximum absolute atomic E-state index is 12.1. The van der Waals surface area contributed by atoms with E-state index in [2.05, 4.69) is 0 Å². The largest absolute Gasteiger partial charge is 0.341 e. The molecule has 0 bridgehead atoms. The number of carbonyl (C=O) groups excluding carboxylic acids is 1. The van der Waals surface area contributed by atoms with E-state index in [9.17, 15) is 4.79 Å². The minimum Gasteiger partial charge on any atom is -0.341 e. The summed E-state index contributed by atoms with van der Waals surface area (Å²) in [5, 5.41) is 8.52. The Bertz CT molecular complexity index is 579. The predicted octanol–water partition coefficient (Wildman–Crippen LogP) is 2.46. The van der Waals surface area contributed by atoms with Crippen molar-refractivity contribution >= 4 is 5.91 Å². The van der Waals surface area contributed by atoms with Crippen molar-refractivity contribution in [3.05, 3.63) is 54.4 Å². The average Bonchev–Trinajstić information content (AvgIpc) is 2.98. The zero-order valence-electron chi connectivity index (χ0n) is 10.8. The van der Waals surface area contributed by atoms with Crippen LogP contribution in [0.4, 0.5) is 0 Å². The number of hydrogen-bond donors (Lipinski definition) is 0. The Morgan fingerprint density at radius 2 is 1.89 bits per heavy atom. The van der Waals surface area contributed by atoms with Crippen LogP contribution in [0.1, 0.15) is 16.8 Å². The lowest BCUT2D eigenvalue weighted by Gasteiger charge is -2.15. The van der Waals surface area contributed by atoms with Crippen molar-refractivity contribution in [3.8, 4) is 11.8 Å². The standard InChI is InChI=1S/C15H15N3O/c1-17(10-4-9-16)15(19)13-5-7-14(8-6-13)18-11-2-3-12-18/h2-3,5-8,11-12H,4,10H2,1H3. The van der Waals surface area contributed by atoms with E-state index < -0.39 is 0 Å². The number of aromatic nitrogens is 1. The minimum atomic E-state index is -0.0608. The van der Waals surface area contributed by atoms with Gasteiger partial charge in [0.2, 0.25) is 0 Å². The van der Waals surface area contributed by atoms with Gasteiger partial charge in [-0.25, -0.2) is 0 Å². The molecule has 0 fully saturated rings. The van der Waals surface area contributed by atoms with Gasteiger partial charge < -0.3 is 9.47 Å². The van der Waals surface area contributed by atoms with Crippen LogP contribution in [0, 0.1) is 11.3 Å². The highest BCUT2D eigenvalue weighted by Gasteiger charge is 2.10. The van der Waals surface area contributed by atoms with E-state index in [0.29, 0.717) is 18.5 Å². The van der Waals surface area contributed by atoms with E-state index in [1.54, 1.807) is 24.1 Å². The van der Waals surface area contributed by atoms with Crippen LogP contribution >= 0.6 is 0 Å². The zero-order chi connectivity index (χ0) is 13.7. The molecule has 0 radical (unpaired) electrons. The van der Waals surface area contributed by atoms with Crippen LogP contribution in [0.25, 0.3) is 5.69 Å². The molecule has 2 aromatic rings. The third kappa shape index (κ3) is 3.02. The van der Waals surface area contributed by atoms with Crippen LogP contribution in [0.5, 0.6) is 0 Å². The monoisotopic (exact) mass is 253 g/mol. The van der Waals surface area contributed by atoms with Gasteiger partial charge in [-0.2, -0.15) is 5.26 Å². The van der Waals surface area contributed by atoms with Crippen LogP contribution in [-0.4, -0.2) is 29.0 Å². The highest BCUT2D eigenvalue weighted by molar-refractivity contribution is 5.94. The summed E-state index contributed by atoms with van der Waals surface area (Å²) in [6.07, 6.45) is 4.26. The van der Waals surface area contributed by atoms with E-state index in [1.165, 1.54) is 0 Å². The summed E-state index contributed by atoms with van der Waals surface area (Å²) in [5.74, 6) is -0.0608. The molecule has 1 amide bonds. The maximum atomic E-state index is 12.1. The Hall–Kier alpha value is -2.54. The molecule has 0 spiro atoms. The molecule has 4 heteroatoms. The Labute approximate surface area is 112 Å². The number of hydrogen-bond acceptors (Lipinski definition) is 2. The van der Waals surface area contributed by atoms with Gasteiger partial charge in [0.05, 0.1) is 12.5 Å². The Kier molecular flexibility index (Phi) is 3.99. The van der Waals surface area contributed by atoms with Crippen LogP contribution in [0.3, 0.4) is 0 Å². The van der Waals surface area contributed by atoms with Gasteiger partial charge in [-0.1, -0.05) is 0 Å². The van der Waals surface area contributed by atoms with Crippen molar-refractivity contribution in [1.29, 1.82) is 5.26 Å². The maximum Gasteiger partial charge on any atom is 0.253 e. The normalized spacial score (nSPS) is 9.89. The van der Waals surface area contributed by atoms with Gasteiger partial charge >= 0.3 is 0 Å². The number of rotatable bonds is 4. The summed E-state index contributed by atoms with van der Waals surface area (Å²) in [7, 11) is 1.71. The van der Waals surface area contributed by atoms with Gasteiger partial charge in [0.1, 0.15) is 0 Å². The van der Waals surface area contributed by atoms with Gasteiger partial charge in [-0.3, -0.25) is 4.79 Å². The fraction of sp³-hybridized carbons (Fsp3) is 0.200. The number of amides is 1. The summed E-state index contributed by atoms with van der Waals surface area (Å²) in [6, 6.07) is 13.4.